The molecule has 3 rings (SSSR count). The number of likely N-dealkylation sites (tertiary alicyclic amines) is 1. The number of benzene rings is 2. The minimum absolute atomic E-state index is 0.274. The number of esters is 1. The summed E-state index contributed by atoms with van der Waals surface area (Å²) in [5.41, 5.74) is 2.30. The third-order valence-corrected chi connectivity index (χ3v) is 5.76. The summed E-state index contributed by atoms with van der Waals surface area (Å²) < 4.78 is 17.6. The second kappa shape index (κ2) is 10.5. The molecule has 5 nitrogen and oxygen atoms in total. The Balaban J connectivity index is 2.04. The Labute approximate surface area is 179 Å². The molecule has 5 heteroatoms. The molecule has 0 amide bonds. The Kier molecular flexibility index (Phi) is 7.75. The van der Waals surface area contributed by atoms with E-state index in [0.29, 0.717) is 23.7 Å². The molecule has 0 aromatic heterocycles. The van der Waals surface area contributed by atoms with Crippen LogP contribution in [0.2, 0.25) is 0 Å². The Morgan fingerprint density at radius 3 is 2.63 bits per heavy atom. The standard InChI is InChI=1S/C25H33NO4/c1-5-7-16-29-22-17-20(21-14-11-15-26(21)6-2)24(28-4)18(3)23(22)25(27)30-19-12-9-8-10-13-19/h8-10,12-13,17,21H,5-7,11,14-16H2,1-4H3. The molecule has 162 valence electrons. The van der Waals surface area contributed by atoms with Crippen molar-refractivity contribution >= 4 is 5.97 Å². The highest BCUT2D eigenvalue weighted by molar-refractivity contribution is 5.96. The molecule has 2 aromatic carbocycles. The lowest BCUT2D eigenvalue weighted by atomic mass is 9.95. The zero-order valence-corrected chi connectivity index (χ0v) is 18.6. The molecule has 0 saturated carbocycles. The lowest BCUT2D eigenvalue weighted by Crippen LogP contribution is -2.24. The van der Waals surface area contributed by atoms with Gasteiger partial charge in [-0.15, -0.1) is 0 Å². The summed E-state index contributed by atoms with van der Waals surface area (Å²) in [4.78, 5) is 15.6. The molecule has 0 N–H and O–H groups in total. The van der Waals surface area contributed by atoms with E-state index in [-0.39, 0.29) is 6.04 Å². The predicted molar refractivity (Wildman–Crippen MR) is 119 cm³/mol. The summed E-state index contributed by atoms with van der Waals surface area (Å²) in [6, 6.07) is 11.4. The minimum Gasteiger partial charge on any atom is -0.496 e. The number of carbonyl (C=O) groups is 1. The number of ether oxygens (including phenoxy) is 3. The third kappa shape index (κ3) is 4.78. The Bertz CT molecular complexity index is 850. The first kappa shape index (κ1) is 22.2. The van der Waals surface area contributed by atoms with Crippen molar-refractivity contribution in [3.05, 3.63) is 53.1 Å². The molecule has 30 heavy (non-hydrogen) atoms. The van der Waals surface area contributed by atoms with Gasteiger partial charge in [0.1, 0.15) is 22.8 Å². The van der Waals surface area contributed by atoms with Gasteiger partial charge >= 0.3 is 5.97 Å². The van der Waals surface area contributed by atoms with Gasteiger partial charge in [-0.2, -0.15) is 0 Å². The van der Waals surface area contributed by atoms with E-state index in [1.54, 1.807) is 19.2 Å². The summed E-state index contributed by atoms with van der Waals surface area (Å²) in [5.74, 6) is 1.43. The molecule has 1 saturated heterocycles. The Hall–Kier alpha value is -2.53. The smallest absolute Gasteiger partial charge is 0.347 e. The van der Waals surface area contributed by atoms with Crippen LogP contribution in [0.3, 0.4) is 0 Å². The topological polar surface area (TPSA) is 48.0 Å². The van der Waals surface area contributed by atoms with Crippen LogP contribution in [0.4, 0.5) is 0 Å². The van der Waals surface area contributed by atoms with Gasteiger partial charge in [0.25, 0.3) is 0 Å². The summed E-state index contributed by atoms with van der Waals surface area (Å²) in [5, 5.41) is 0. The van der Waals surface area contributed by atoms with Crippen molar-refractivity contribution in [1.82, 2.24) is 4.90 Å². The molecule has 1 heterocycles. The van der Waals surface area contributed by atoms with Crippen molar-refractivity contribution in [2.24, 2.45) is 0 Å². The van der Waals surface area contributed by atoms with E-state index in [1.807, 2.05) is 31.2 Å². The van der Waals surface area contributed by atoms with Crippen molar-refractivity contribution in [2.75, 3.05) is 26.8 Å². The maximum atomic E-state index is 13.1. The van der Waals surface area contributed by atoms with Crippen molar-refractivity contribution in [3.63, 3.8) is 0 Å². The van der Waals surface area contributed by atoms with Crippen LogP contribution in [0.5, 0.6) is 17.2 Å². The number of carbonyl (C=O) groups excluding carboxylic acids is 1. The molecule has 1 atom stereocenters. The quantitative estimate of drug-likeness (QED) is 0.307. The summed E-state index contributed by atoms with van der Waals surface area (Å²) in [7, 11) is 1.67. The van der Waals surface area contributed by atoms with Crippen LogP contribution in [-0.4, -0.2) is 37.7 Å². The van der Waals surface area contributed by atoms with E-state index in [0.717, 1.165) is 55.6 Å². The van der Waals surface area contributed by atoms with Gasteiger partial charge in [-0.25, -0.2) is 4.79 Å². The molecular weight excluding hydrogens is 378 g/mol. The zero-order valence-electron chi connectivity index (χ0n) is 18.6. The molecule has 0 spiro atoms. The Morgan fingerprint density at radius 1 is 1.20 bits per heavy atom. The van der Waals surface area contributed by atoms with Gasteiger partial charge in [0.2, 0.25) is 0 Å². The number of rotatable bonds is 9. The molecule has 1 aliphatic rings. The SMILES string of the molecule is CCCCOc1cc(C2CCCN2CC)c(OC)c(C)c1C(=O)Oc1ccccc1. The largest absolute Gasteiger partial charge is 0.496 e. The molecule has 0 bridgehead atoms. The fourth-order valence-electron chi connectivity index (χ4n) is 4.21. The van der Waals surface area contributed by atoms with Crippen LogP contribution in [0, 0.1) is 6.92 Å². The van der Waals surface area contributed by atoms with Gasteiger partial charge in [-0.1, -0.05) is 38.5 Å². The van der Waals surface area contributed by atoms with Gasteiger partial charge in [0, 0.05) is 17.2 Å². The van der Waals surface area contributed by atoms with E-state index in [1.165, 1.54) is 0 Å². The number of para-hydroxylation sites is 1. The lowest BCUT2D eigenvalue weighted by molar-refractivity contribution is 0.0728. The van der Waals surface area contributed by atoms with Gasteiger partial charge in [-0.05, 0) is 57.5 Å². The van der Waals surface area contributed by atoms with E-state index < -0.39 is 5.97 Å². The van der Waals surface area contributed by atoms with Crippen LogP contribution in [-0.2, 0) is 0 Å². The maximum Gasteiger partial charge on any atom is 0.347 e. The van der Waals surface area contributed by atoms with Crippen molar-refractivity contribution < 1.29 is 19.0 Å². The van der Waals surface area contributed by atoms with Crippen molar-refractivity contribution in [1.29, 1.82) is 0 Å². The third-order valence-electron chi connectivity index (χ3n) is 5.76. The van der Waals surface area contributed by atoms with E-state index in [2.05, 4.69) is 18.7 Å². The van der Waals surface area contributed by atoms with Gasteiger partial charge < -0.3 is 14.2 Å². The number of methoxy groups -OCH3 is 1. The number of hydrogen-bond donors (Lipinski definition) is 0. The molecule has 0 aliphatic carbocycles. The van der Waals surface area contributed by atoms with Crippen LogP contribution in [0.1, 0.15) is 67.1 Å². The molecule has 1 fully saturated rings. The molecular formula is C25H33NO4. The number of unbranched alkanes of at least 4 members (excludes halogenated alkanes) is 1. The zero-order chi connectivity index (χ0) is 21.5. The lowest BCUT2D eigenvalue weighted by Gasteiger charge is -2.27. The van der Waals surface area contributed by atoms with Crippen molar-refractivity contribution in [3.8, 4) is 17.2 Å². The number of hydrogen-bond acceptors (Lipinski definition) is 5. The van der Waals surface area contributed by atoms with Gasteiger partial charge in [-0.3, -0.25) is 4.90 Å². The van der Waals surface area contributed by atoms with Crippen LogP contribution >= 0.6 is 0 Å². The normalized spacial score (nSPS) is 16.5. The minimum atomic E-state index is -0.422. The Morgan fingerprint density at radius 2 is 1.97 bits per heavy atom. The highest BCUT2D eigenvalue weighted by Crippen LogP contribution is 2.43. The first-order chi connectivity index (χ1) is 14.6. The first-order valence-electron chi connectivity index (χ1n) is 11.0. The summed E-state index contributed by atoms with van der Waals surface area (Å²) in [6.07, 6.45) is 4.19. The van der Waals surface area contributed by atoms with Gasteiger partial charge in [0.05, 0.1) is 13.7 Å². The molecule has 1 aliphatic heterocycles. The highest BCUT2D eigenvalue weighted by atomic mass is 16.5. The van der Waals surface area contributed by atoms with Crippen LogP contribution < -0.4 is 14.2 Å². The first-order valence-corrected chi connectivity index (χ1v) is 11.0. The predicted octanol–water partition coefficient (Wildman–Crippen LogP) is 5.56. The molecule has 2 aromatic rings. The average molecular weight is 412 g/mol. The highest BCUT2D eigenvalue weighted by Gasteiger charge is 2.31. The molecule has 1 unspecified atom stereocenters. The maximum absolute atomic E-state index is 13.1. The van der Waals surface area contributed by atoms with Crippen molar-refractivity contribution in [2.45, 2.75) is 52.5 Å². The van der Waals surface area contributed by atoms with E-state index in [4.69, 9.17) is 14.2 Å². The number of nitrogens with zero attached hydrogens (tertiary/aromatic N) is 1. The second-order valence-corrected chi connectivity index (χ2v) is 7.69. The van der Waals surface area contributed by atoms with E-state index >= 15 is 0 Å². The second-order valence-electron chi connectivity index (χ2n) is 7.69. The fraction of sp³-hybridized carbons (Fsp3) is 0.480. The van der Waals surface area contributed by atoms with E-state index in [9.17, 15) is 4.79 Å². The molecule has 0 radical (unpaired) electrons. The monoisotopic (exact) mass is 411 g/mol. The summed E-state index contributed by atoms with van der Waals surface area (Å²) >= 11 is 0. The average Bonchev–Trinajstić information content (AvgIpc) is 3.23. The van der Waals surface area contributed by atoms with Crippen LogP contribution in [0.25, 0.3) is 0 Å². The van der Waals surface area contributed by atoms with Gasteiger partial charge in [0.15, 0.2) is 0 Å². The summed E-state index contributed by atoms with van der Waals surface area (Å²) in [6.45, 7) is 8.85. The van der Waals surface area contributed by atoms with Crippen LogP contribution in [0.15, 0.2) is 36.4 Å². The fourth-order valence-corrected chi connectivity index (χ4v) is 4.21.